The zero-order chi connectivity index (χ0) is 28.2. The van der Waals surface area contributed by atoms with E-state index in [1.165, 1.54) is 5.56 Å². The van der Waals surface area contributed by atoms with Crippen LogP contribution in [0.5, 0.6) is 0 Å². The molecule has 200 valence electrons. The number of para-hydroxylation sites is 1. The summed E-state index contributed by atoms with van der Waals surface area (Å²) >= 11 is 9.67. The third-order valence-electron chi connectivity index (χ3n) is 6.35. The fraction of sp³-hybridized carbons (Fsp3) is 0.0968. The topological polar surface area (TPSA) is 96.6 Å². The van der Waals surface area contributed by atoms with Crippen LogP contribution in [0.25, 0.3) is 22.2 Å². The van der Waals surface area contributed by atoms with Crippen LogP contribution in [0.4, 0.5) is 5.69 Å². The number of anilines is 1. The van der Waals surface area contributed by atoms with Crippen molar-refractivity contribution in [3.63, 3.8) is 0 Å². The van der Waals surface area contributed by atoms with E-state index >= 15 is 0 Å². The maximum atomic E-state index is 13.4. The average molecular weight is 616 g/mol. The number of aromatic nitrogens is 1. The molecule has 2 heterocycles. The van der Waals surface area contributed by atoms with Gasteiger partial charge in [0.1, 0.15) is 0 Å². The smallest absolute Gasteiger partial charge is 0.291 e. The number of hydrazone groups is 1. The van der Waals surface area contributed by atoms with Crippen molar-refractivity contribution in [1.29, 1.82) is 0 Å². The molecule has 0 saturated carbocycles. The van der Waals surface area contributed by atoms with Gasteiger partial charge in [-0.1, -0.05) is 67.1 Å². The lowest BCUT2D eigenvalue weighted by atomic mass is 10.0. The summed E-state index contributed by atoms with van der Waals surface area (Å²) in [6.07, 6.45) is 0.930. The Kier molecular flexibility index (Phi) is 8.09. The number of aryl methyl sites for hydroxylation is 1. The molecule has 0 radical (unpaired) electrons. The predicted molar refractivity (Wildman–Crippen MR) is 162 cm³/mol. The minimum Gasteiger partial charge on any atom is -0.444 e. The van der Waals surface area contributed by atoms with Crippen molar-refractivity contribution in [3.05, 3.63) is 117 Å². The van der Waals surface area contributed by atoms with E-state index in [0.29, 0.717) is 43.3 Å². The second kappa shape index (κ2) is 11.9. The normalized spacial score (nSPS) is 11.4. The van der Waals surface area contributed by atoms with Gasteiger partial charge in [-0.25, -0.2) is 10.4 Å². The van der Waals surface area contributed by atoms with Gasteiger partial charge in [-0.3, -0.25) is 9.59 Å². The maximum Gasteiger partial charge on any atom is 0.291 e. The van der Waals surface area contributed by atoms with E-state index in [2.05, 4.69) is 38.7 Å². The molecule has 0 aliphatic rings. The molecule has 3 aromatic carbocycles. The highest BCUT2D eigenvalue weighted by Crippen LogP contribution is 2.29. The summed E-state index contributed by atoms with van der Waals surface area (Å²) in [5, 5.41) is 8.21. The van der Waals surface area contributed by atoms with E-state index in [1.807, 2.05) is 36.4 Å². The highest BCUT2D eigenvalue weighted by Gasteiger charge is 2.16. The number of halogens is 2. The number of rotatable bonds is 7. The van der Waals surface area contributed by atoms with E-state index in [1.54, 1.807) is 55.5 Å². The third-order valence-corrected chi connectivity index (χ3v) is 7.08. The predicted octanol–water partition coefficient (Wildman–Crippen LogP) is 7.88. The van der Waals surface area contributed by atoms with Crippen LogP contribution in [0, 0.1) is 0 Å². The van der Waals surface area contributed by atoms with Gasteiger partial charge in [-0.05, 0) is 76.8 Å². The van der Waals surface area contributed by atoms with Crippen molar-refractivity contribution in [2.75, 3.05) is 5.32 Å². The van der Waals surface area contributed by atoms with Crippen LogP contribution in [0.15, 0.2) is 99.1 Å². The fourth-order valence-electron chi connectivity index (χ4n) is 4.17. The highest BCUT2D eigenvalue weighted by atomic mass is 79.9. The maximum absolute atomic E-state index is 13.4. The molecule has 40 heavy (non-hydrogen) atoms. The van der Waals surface area contributed by atoms with E-state index in [9.17, 15) is 9.59 Å². The first-order valence-corrected chi connectivity index (χ1v) is 13.7. The van der Waals surface area contributed by atoms with Gasteiger partial charge >= 0.3 is 0 Å². The molecule has 2 N–H and O–H groups in total. The molecule has 0 unspecified atom stereocenters. The van der Waals surface area contributed by atoms with Gasteiger partial charge < -0.3 is 9.73 Å². The van der Waals surface area contributed by atoms with Gasteiger partial charge in [0.05, 0.1) is 27.5 Å². The van der Waals surface area contributed by atoms with E-state index in [-0.39, 0.29) is 11.7 Å². The van der Waals surface area contributed by atoms with Gasteiger partial charge in [0.2, 0.25) is 0 Å². The SMILES string of the molecule is CCc1ccc(-c2cc(C(=O)N/N=C(\C)c3cccc(NC(=O)c4ccc(Br)o4)c3)c3cccc(Cl)c3n2)cc1. The standard InChI is InChI=1S/C31H24BrClN4O3/c1-3-19-10-12-20(13-11-19)26-17-24(23-8-5-9-25(33)29(23)35-26)30(38)37-36-18(2)21-6-4-7-22(16-21)34-31(39)27-14-15-28(32)40-27/h4-17H,3H2,1-2H3,(H,34,39)(H,37,38)/b36-18+. The molecule has 2 aromatic heterocycles. The molecule has 5 rings (SSSR count). The monoisotopic (exact) mass is 614 g/mol. The number of benzene rings is 3. The van der Waals surface area contributed by atoms with Gasteiger partial charge in [0, 0.05) is 16.6 Å². The lowest BCUT2D eigenvalue weighted by Crippen LogP contribution is -2.20. The number of nitrogens with zero attached hydrogens (tertiary/aromatic N) is 2. The molecule has 7 nitrogen and oxygen atoms in total. The lowest BCUT2D eigenvalue weighted by Gasteiger charge is -2.11. The summed E-state index contributed by atoms with van der Waals surface area (Å²) in [5.74, 6) is -0.595. The molecule has 0 fully saturated rings. The number of hydrogen-bond donors (Lipinski definition) is 2. The molecule has 9 heteroatoms. The summed E-state index contributed by atoms with van der Waals surface area (Å²) in [5.41, 5.74) is 8.18. The largest absolute Gasteiger partial charge is 0.444 e. The Balaban J connectivity index is 1.40. The van der Waals surface area contributed by atoms with Crippen LogP contribution in [-0.4, -0.2) is 22.5 Å². The number of amides is 2. The molecule has 0 saturated heterocycles. The van der Waals surface area contributed by atoms with Crippen molar-refractivity contribution >= 4 is 61.6 Å². The van der Waals surface area contributed by atoms with Crippen LogP contribution < -0.4 is 10.7 Å². The van der Waals surface area contributed by atoms with Crippen LogP contribution in [0.1, 0.15) is 45.9 Å². The number of carbonyl (C=O) groups is 2. The Morgan fingerprint density at radius 3 is 2.48 bits per heavy atom. The van der Waals surface area contributed by atoms with Gasteiger partial charge in [-0.15, -0.1) is 0 Å². The minimum atomic E-state index is -0.395. The zero-order valence-electron chi connectivity index (χ0n) is 21.7. The van der Waals surface area contributed by atoms with Crippen molar-refractivity contribution in [1.82, 2.24) is 10.4 Å². The molecule has 0 atom stereocenters. The van der Waals surface area contributed by atoms with E-state index < -0.39 is 5.91 Å². The Morgan fingerprint density at radius 2 is 1.75 bits per heavy atom. The van der Waals surface area contributed by atoms with E-state index in [4.69, 9.17) is 21.0 Å². The Hall–Kier alpha value is -4.27. The molecule has 0 aliphatic heterocycles. The summed E-state index contributed by atoms with van der Waals surface area (Å²) in [6, 6.07) is 25.6. The molecular weight excluding hydrogens is 592 g/mol. The second-order valence-corrected chi connectivity index (χ2v) is 10.2. The van der Waals surface area contributed by atoms with Crippen LogP contribution in [-0.2, 0) is 6.42 Å². The van der Waals surface area contributed by atoms with Crippen molar-refractivity contribution in [2.45, 2.75) is 20.3 Å². The van der Waals surface area contributed by atoms with Crippen LogP contribution in [0.2, 0.25) is 5.02 Å². The molecule has 0 bridgehead atoms. The number of furan rings is 1. The summed E-state index contributed by atoms with van der Waals surface area (Å²) in [4.78, 5) is 30.6. The van der Waals surface area contributed by atoms with Crippen molar-refractivity contribution in [2.24, 2.45) is 5.10 Å². The van der Waals surface area contributed by atoms with E-state index in [0.717, 1.165) is 17.5 Å². The van der Waals surface area contributed by atoms with Crippen molar-refractivity contribution in [3.8, 4) is 11.3 Å². The first kappa shape index (κ1) is 27.3. The Morgan fingerprint density at radius 1 is 0.975 bits per heavy atom. The average Bonchev–Trinajstić information content (AvgIpc) is 3.42. The third kappa shape index (κ3) is 5.98. The molecule has 5 aromatic rings. The van der Waals surface area contributed by atoms with Crippen LogP contribution in [0.3, 0.4) is 0 Å². The second-order valence-electron chi connectivity index (χ2n) is 9.02. The quantitative estimate of drug-likeness (QED) is 0.144. The number of pyridine rings is 1. The highest BCUT2D eigenvalue weighted by molar-refractivity contribution is 9.10. The van der Waals surface area contributed by atoms with Gasteiger partial charge in [0.25, 0.3) is 11.8 Å². The fourth-order valence-corrected chi connectivity index (χ4v) is 4.69. The minimum absolute atomic E-state index is 0.181. The number of nitrogens with one attached hydrogen (secondary N) is 2. The number of hydrogen-bond acceptors (Lipinski definition) is 5. The van der Waals surface area contributed by atoms with Gasteiger partial charge in [-0.2, -0.15) is 5.10 Å². The van der Waals surface area contributed by atoms with Crippen LogP contribution >= 0.6 is 27.5 Å². The first-order chi connectivity index (χ1) is 19.3. The molecule has 0 spiro atoms. The number of carbonyl (C=O) groups excluding carboxylic acids is 2. The molecule has 0 aliphatic carbocycles. The van der Waals surface area contributed by atoms with Crippen molar-refractivity contribution < 1.29 is 14.0 Å². The Labute approximate surface area is 244 Å². The number of fused-ring (bicyclic) bond motifs is 1. The Bertz CT molecular complexity index is 1760. The summed E-state index contributed by atoms with van der Waals surface area (Å²) in [6.45, 7) is 3.87. The molecule has 2 amide bonds. The first-order valence-electron chi connectivity index (χ1n) is 12.5. The lowest BCUT2D eigenvalue weighted by molar-refractivity contribution is 0.0955. The summed E-state index contributed by atoms with van der Waals surface area (Å²) < 4.78 is 5.78. The zero-order valence-corrected chi connectivity index (χ0v) is 24.0. The summed E-state index contributed by atoms with van der Waals surface area (Å²) in [7, 11) is 0. The molecular formula is C31H24BrClN4O3. The van der Waals surface area contributed by atoms with Gasteiger partial charge in [0.15, 0.2) is 10.4 Å².